The molecule has 0 aromatic rings. The molecule has 1 aliphatic carbocycles. The molecule has 1 saturated carbocycles. The number of hydrogen-bond acceptors (Lipinski definition) is 3. The summed E-state index contributed by atoms with van der Waals surface area (Å²) in [5.74, 6) is 0. The van der Waals surface area contributed by atoms with Crippen LogP contribution in [0.1, 0.15) is 53.4 Å². The fraction of sp³-hybridized carbons (Fsp3) is 1.00. The van der Waals surface area contributed by atoms with Gasteiger partial charge in [-0.2, -0.15) is 0 Å². The summed E-state index contributed by atoms with van der Waals surface area (Å²) in [6, 6.07) is 1.54. The van der Waals surface area contributed by atoms with Gasteiger partial charge in [-0.3, -0.25) is 4.90 Å². The molecule has 0 spiro atoms. The van der Waals surface area contributed by atoms with Crippen molar-refractivity contribution in [1.29, 1.82) is 0 Å². The van der Waals surface area contributed by atoms with Gasteiger partial charge in [0.2, 0.25) is 0 Å². The van der Waals surface area contributed by atoms with Gasteiger partial charge in [-0.05, 0) is 44.9 Å². The summed E-state index contributed by atoms with van der Waals surface area (Å²) < 4.78 is 0. The van der Waals surface area contributed by atoms with Crippen LogP contribution in [0.4, 0.5) is 0 Å². The van der Waals surface area contributed by atoms with Crippen LogP contribution >= 0.6 is 0 Å². The Morgan fingerprint density at radius 2 is 1.65 bits per heavy atom. The van der Waals surface area contributed by atoms with E-state index in [9.17, 15) is 0 Å². The predicted octanol–water partition coefficient (Wildman–Crippen LogP) is 2.57. The molecule has 3 nitrogen and oxygen atoms in total. The first kappa shape index (κ1) is 16.3. The molecule has 1 aliphatic heterocycles. The highest BCUT2D eigenvalue weighted by Gasteiger charge is 2.32. The Kier molecular flexibility index (Phi) is 5.88. The second-order valence-corrected chi connectivity index (χ2v) is 7.27. The van der Waals surface area contributed by atoms with Crippen molar-refractivity contribution in [3.8, 4) is 0 Å². The Balaban J connectivity index is 1.81. The van der Waals surface area contributed by atoms with E-state index in [1.54, 1.807) is 0 Å². The molecule has 3 heteroatoms. The summed E-state index contributed by atoms with van der Waals surface area (Å²) in [5, 5.41) is 3.78. The molecule has 0 amide bonds. The molecule has 0 bridgehead atoms. The van der Waals surface area contributed by atoms with Crippen LogP contribution in [0.3, 0.4) is 0 Å². The Labute approximate surface area is 126 Å². The highest BCUT2D eigenvalue weighted by molar-refractivity contribution is 4.89. The van der Waals surface area contributed by atoms with Crippen LogP contribution in [0.2, 0.25) is 0 Å². The lowest BCUT2D eigenvalue weighted by Crippen LogP contribution is -2.53. The molecule has 0 aromatic carbocycles. The van der Waals surface area contributed by atoms with Gasteiger partial charge in [0.15, 0.2) is 0 Å². The van der Waals surface area contributed by atoms with E-state index < -0.39 is 0 Å². The van der Waals surface area contributed by atoms with Crippen LogP contribution in [0, 0.1) is 5.41 Å². The first-order valence-electron chi connectivity index (χ1n) is 8.78. The maximum Gasteiger partial charge on any atom is 0.0113 e. The van der Waals surface area contributed by atoms with Crippen molar-refractivity contribution in [2.24, 2.45) is 5.41 Å². The molecule has 118 valence electrons. The van der Waals surface area contributed by atoms with E-state index in [-0.39, 0.29) is 0 Å². The van der Waals surface area contributed by atoms with E-state index in [0.717, 1.165) is 6.04 Å². The van der Waals surface area contributed by atoms with Gasteiger partial charge in [-0.1, -0.05) is 13.8 Å². The molecule has 0 atom stereocenters. The minimum Gasteiger partial charge on any atom is -0.313 e. The quantitative estimate of drug-likeness (QED) is 0.738. The first-order chi connectivity index (χ1) is 9.58. The van der Waals surface area contributed by atoms with Crippen LogP contribution in [-0.2, 0) is 0 Å². The van der Waals surface area contributed by atoms with Gasteiger partial charge in [0.05, 0.1) is 0 Å². The van der Waals surface area contributed by atoms with Gasteiger partial charge < -0.3 is 10.2 Å². The topological polar surface area (TPSA) is 18.5 Å². The van der Waals surface area contributed by atoms with E-state index in [4.69, 9.17) is 0 Å². The van der Waals surface area contributed by atoms with E-state index in [1.807, 2.05) is 0 Å². The smallest absolute Gasteiger partial charge is 0.0113 e. The third kappa shape index (κ3) is 4.44. The van der Waals surface area contributed by atoms with E-state index in [0.29, 0.717) is 11.5 Å². The lowest BCUT2D eigenvalue weighted by atomic mass is 9.81. The summed E-state index contributed by atoms with van der Waals surface area (Å²) in [6.07, 6.45) is 5.40. The third-order valence-corrected chi connectivity index (χ3v) is 5.54. The number of nitrogens with one attached hydrogen (secondary N) is 1. The van der Waals surface area contributed by atoms with Crippen LogP contribution in [-0.4, -0.2) is 61.2 Å². The van der Waals surface area contributed by atoms with Gasteiger partial charge in [0.25, 0.3) is 0 Å². The Bertz CT molecular complexity index is 274. The molecule has 0 radical (unpaired) electrons. The van der Waals surface area contributed by atoms with Gasteiger partial charge in [0, 0.05) is 51.4 Å². The van der Waals surface area contributed by atoms with Crippen molar-refractivity contribution >= 4 is 0 Å². The monoisotopic (exact) mass is 281 g/mol. The van der Waals surface area contributed by atoms with Crippen LogP contribution < -0.4 is 5.32 Å². The van der Waals surface area contributed by atoms with Crippen molar-refractivity contribution in [3.05, 3.63) is 0 Å². The third-order valence-electron chi connectivity index (χ3n) is 5.54. The van der Waals surface area contributed by atoms with Crippen molar-refractivity contribution < 1.29 is 0 Å². The predicted molar refractivity (Wildman–Crippen MR) is 87.2 cm³/mol. The Morgan fingerprint density at radius 3 is 2.10 bits per heavy atom. The van der Waals surface area contributed by atoms with E-state index in [1.165, 1.54) is 65.0 Å². The summed E-state index contributed by atoms with van der Waals surface area (Å²) in [4.78, 5) is 5.32. The maximum absolute atomic E-state index is 3.78. The number of hydrogen-bond donors (Lipinski definition) is 1. The summed E-state index contributed by atoms with van der Waals surface area (Å²) in [6.45, 7) is 16.9. The highest BCUT2D eigenvalue weighted by atomic mass is 15.3. The van der Waals surface area contributed by atoms with Crippen LogP contribution in [0.25, 0.3) is 0 Å². The average Bonchev–Trinajstić information content (AvgIpc) is 3.28. The Hall–Kier alpha value is -0.120. The molecule has 2 fully saturated rings. The molecular formula is C17H35N3. The summed E-state index contributed by atoms with van der Waals surface area (Å²) >= 11 is 0. The summed E-state index contributed by atoms with van der Waals surface area (Å²) in [5.41, 5.74) is 0.489. The molecule has 20 heavy (non-hydrogen) atoms. The molecule has 0 unspecified atom stereocenters. The molecule has 1 saturated heterocycles. The SMILES string of the molecule is CCC(CC)(CNC1CC1)CN1CCN(C(C)C)CC1. The summed E-state index contributed by atoms with van der Waals surface area (Å²) in [7, 11) is 0. The van der Waals surface area contributed by atoms with Gasteiger partial charge in [0.1, 0.15) is 0 Å². The second-order valence-electron chi connectivity index (χ2n) is 7.27. The van der Waals surface area contributed by atoms with Crippen molar-refractivity contribution in [3.63, 3.8) is 0 Å². The van der Waals surface area contributed by atoms with Crippen molar-refractivity contribution in [2.75, 3.05) is 39.3 Å². The zero-order valence-electron chi connectivity index (χ0n) is 14.1. The normalized spacial score (nSPS) is 22.6. The van der Waals surface area contributed by atoms with Gasteiger partial charge in [-0.25, -0.2) is 0 Å². The Morgan fingerprint density at radius 1 is 1.05 bits per heavy atom. The largest absolute Gasteiger partial charge is 0.313 e. The fourth-order valence-corrected chi connectivity index (χ4v) is 3.34. The maximum atomic E-state index is 3.78. The lowest BCUT2D eigenvalue weighted by molar-refractivity contribution is 0.0655. The number of rotatable bonds is 8. The van der Waals surface area contributed by atoms with Gasteiger partial charge in [-0.15, -0.1) is 0 Å². The second kappa shape index (κ2) is 7.24. The van der Waals surface area contributed by atoms with Crippen molar-refractivity contribution in [1.82, 2.24) is 15.1 Å². The average molecular weight is 281 g/mol. The van der Waals surface area contributed by atoms with Gasteiger partial charge >= 0.3 is 0 Å². The van der Waals surface area contributed by atoms with Crippen LogP contribution in [0.15, 0.2) is 0 Å². The number of nitrogens with zero attached hydrogens (tertiary/aromatic N) is 2. The number of piperazine rings is 1. The minimum absolute atomic E-state index is 0.489. The molecule has 1 heterocycles. The first-order valence-corrected chi connectivity index (χ1v) is 8.78. The van der Waals surface area contributed by atoms with Crippen molar-refractivity contribution in [2.45, 2.75) is 65.5 Å². The zero-order valence-corrected chi connectivity index (χ0v) is 14.1. The lowest BCUT2D eigenvalue weighted by Gasteiger charge is -2.42. The molecule has 0 aromatic heterocycles. The fourth-order valence-electron chi connectivity index (χ4n) is 3.34. The molecule has 1 N–H and O–H groups in total. The zero-order chi connectivity index (χ0) is 14.6. The van der Waals surface area contributed by atoms with E-state index in [2.05, 4.69) is 42.8 Å². The van der Waals surface area contributed by atoms with E-state index >= 15 is 0 Å². The molecule has 2 aliphatic rings. The standard InChI is InChI=1S/C17H35N3/c1-5-17(6-2,13-18-16-7-8-16)14-19-9-11-20(12-10-19)15(3)4/h15-16,18H,5-14H2,1-4H3. The van der Waals surface area contributed by atoms with Crippen LogP contribution in [0.5, 0.6) is 0 Å². The minimum atomic E-state index is 0.489. The highest BCUT2D eigenvalue weighted by Crippen LogP contribution is 2.29. The molecule has 2 rings (SSSR count). The molecular weight excluding hydrogens is 246 g/mol.